The molecule has 0 amide bonds. The second kappa shape index (κ2) is 7.22. The van der Waals surface area contributed by atoms with Crippen LogP contribution in [0.15, 0.2) is 29.2 Å². The number of hydrogen-bond acceptors (Lipinski definition) is 5. The molecule has 28 heavy (non-hydrogen) atoms. The standard InChI is InChI=1S/C20H24FNO5S/c21-16-2-1-3-17(7-16)28(25,26)22-11-19(24)27-12-18(23)20-8-13-4-14(9-20)6-15(5-13)10-20/h1-3,7,13-15,22H,4-6,8-12H2. The van der Waals surface area contributed by atoms with E-state index in [1.807, 2.05) is 0 Å². The Bertz CT molecular complexity index is 862. The van der Waals surface area contributed by atoms with Crippen molar-refractivity contribution in [1.82, 2.24) is 4.72 Å². The summed E-state index contributed by atoms with van der Waals surface area (Å²) in [4.78, 5) is 24.5. The van der Waals surface area contributed by atoms with Crippen molar-refractivity contribution < 1.29 is 27.1 Å². The molecular weight excluding hydrogens is 385 g/mol. The molecule has 4 bridgehead atoms. The van der Waals surface area contributed by atoms with Crippen molar-refractivity contribution >= 4 is 21.8 Å². The second-order valence-corrected chi connectivity index (χ2v) is 10.3. The minimum Gasteiger partial charge on any atom is -0.457 e. The van der Waals surface area contributed by atoms with Crippen LogP contribution < -0.4 is 4.72 Å². The molecule has 0 radical (unpaired) electrons. The molecule has 0 saturated heterocycles. The van der Waals surface area contributed by atoms with E-state index in [2.05, 4.69) is 4.72 Å². The van der Waals surface area contributed by atoms with E-state index in [9.17, 15) is 22.4 Å². The summed E-state index contributed by atoms with van der Waals surface area (Å²) in [5.41, 5.74) is -0.351. The number of Topliss-reactive ketones (excluding diaryl/α,β-unsaturated/α-hetero) is 1. The number of rotatable bonds is 7. The van der Waals surface area contributed by atoms with Gasteiger partial charge in [0.15, 0.2) is 12.4 Å². The number of ether oxygens (including phenoxy) is 1. The largest absolute Gasteiger partial charge is 0.457 e. The van der Waals surface area contributed by atoms with Gasteiger partial charge in [0.25, 0.3) is 0 Å². The zero-order valence-corrected chi connectivity index (χ0v) is 16.3. The van der Waals surface area contributed by atoms with Crippen molar-refractivity contribution in [3.8, 4) is 0 Å². The van der Waals surface area contributed by atoms with Crippen molar-refractivity contribution in [2.24, 2.45) is 23.2 Å². The third kappa shape index (κ3) is 3.85. The molecule has 1 N–H and O–H groups in total. The van der Waals surface area contributed by atoms with Gasteiger partial charge in [0.1, 0.15) is 12.4 Å². The minimum atomic E-state index is -4.03. The van der Waals surface area contributed by atoms with E-state index in [0.717, 1.165) is 31.4 Å². The first-order valence-corrected chi connectivity index (χ1v) is 11.2. The predicted molar refractivity (Wildman–Crippen MR) is 98.2 cm³/mol. The summed E-state index contributed by atoms with van der Waals surface area (Å²) < 4.78 is 44.5. The molecule has 4 saturated carbocycles. The molecule has 6 nitrogen and oxygen atoms in total. The Labute approximate surface area is 163 Å². The second-order valence-electron chi connectivity index (χ2n) is 8.56. The molecule has 8 heteroatoms. The fourth-order valence-corrected chi connectivity index (χ4v) is 6.67. The van der Waals surface area contributed by atoms with Crippen LogP contribution in [-0.2, 0) is 24.3 Å². The average molecular weight is 409 g/mol. The van der Waals surface area contributed by atoms with E-state index in [1.54, 1.807) is 0 Å². The van der Waals surface area contributed by atoms with E-state index in [0.29, 0.717) is 17.8 Å². The number of esters is 1. The van der Waals surface area contributed by atoms with Gasteiger partial charge < -0.3 is 4.74 Å². The van der Waals surface area contributed by atoms with Crippen LogP contribution in [0.4, 0.5) is 4.39 Å². The quantitative estimate of drug-likeness (QED) is 0.699. The van der Waals surface area contributed by atoms with Crippen molar-refractivity contribution in [2.45, 2.75) is 43.4 Å². The van der Waals surface area contributed by atoms with Crippen LogP contribution in [0.3, 0.4) is 0 Å². The SMILES string of the molecule is O=C(CNS(=O)(=O)c1cccc(F)c1)OCC(=O)C12CC3CC(CC(C3)C1)C2. The first-order chi connectivity index (χ1) is 13.3. The minimum absolute atomic E-state index is 0.0343. The van der Waals surface area contributed by atoms with Gasteiger partial charge in [-0.05, 0) is 74.5 Å². The summed E-state index contributed by atoms with van der Waals surface area (Å²) in [5.74, 6) is 0.301. The van der Waals surface area contributed by atoms with Gasteiger partial charge in [-0.2, -0.15) is 4.72 Å². The Hall–Kier alpha value is -1.80. The molecule has 0 heterocycles. The van der Waals surface area contributed by atoms with Crippen molar-refractivity contribution in [2.75, 3.05) is 13.2 Å². The highest BCUT2D eigenvalue weighted by Crippen LogP contribution is 2.60. The van der Waals surface area contributed by atoms with Gasteiger partial charge in [0.05, 0.1) is 4.90 Å². The van der Waals surface area contributed by atoms with E-state index >= 15 is 0 Å². The number of sulfonamides is 1. The summed E-state index contributed by atoms with van der Waals surface area (Å²) in [7, 11) is -4.03. The average Bonchev–Trinajstić information content (AvgIpc) is 2.63. The van der Waals surface area contributed by atoms with Gasteiger partial charge in [0.2, 0.25) is 10.0 Å². The maximum Gasteiger partial charge on any atom is 0.321 e. The smallest absolute Gasteiger partial charge is 0.321 e. The van der Waals surface area contributed by atoms with E-state index in [1.165, 1.54) is 31.4 Å². The molecule has 4 aliphatic carbocycles. The van der Waals surface area contributed by atoms with Crippen molar-refractivity contribution in [1.29, 1.82) is 0 Å². The fraction of sp³-hybridized carbons (Fsp3) is 0.600. The number of hydrogen-bond donors (Lipinski definition) is 1. The zero-order chi connectivity index (χ0) is 19.9. The van der Waals surface area contributed by atoms with E-state index in [4.69, 9.17) is 4.74 Å². The summed E-state index contributed by atoms with van der Waals surface area (Å²) in [5, 5.41) is 0. The summed E-state index contributed by atoms with van der Waals surface area (Å²) in [6.45, 7) is -0.917. The lowest BCUT2D eigenvalue weighted by atomic mass is 9.48. The lowest BCUT2D eigenvalue weighted by Crippen LogP contribution is -2.51. The Morgan fingerprint density at radius 1 is 1.11 bits per heavy atom. The van der Waals surface area contributed by atoms with Crippen molar-refractivity contribution in [3.05, 3.63) is 30.1 Å². The number of halogens is 1. The number of benzene rings is 1. The first kappa shape index (κ1) is 19.5. The fourth-order valence-electron chi connectivity index (χ4n) is 5.67. The Morgan fingerprint density at radius 2 is 1.71 bits per heavy atom. The maximum absolute atomic E-state index is 13.2. The Morgan fingerprint density at radius 3 is 2.29 bits per heavy atom. The monoisotopic (exact) mass is 409 g/mol. The molecule has 4 aliphatic rings. The van der Waals surface area contributed by atoms with Gasteiger partial charge in [-0.1, -0.05) is 6.07 Å². The molecular formula is C20H24FNO5S. The molecule has 4 fully saturated rings. The number of nitrogens with one attached hydrogen (secondary N) is 1. The zero-order valence-electron chi connectivity index (χ0n) is 15.5. The molecule has 5 rings (SSSR count). The third-order valence-corrected chi connectivity index (χ3v) is 7.91. The van der Waals surface area contributed by atoms with Crippen LogP contribution in [0.25, 0.3) is 0 Å². The van der Waals surface area contributed by atoms with Crippen LogP contribution in [0.5, 0.6) is 0 Å². The van der Waals surface area contributed by atoms with Crippen LogP contribution in [0.2, 0.25) is 0 Å². The predicted octanol–water partition coefficient (Wildman–Crippen LogP) is 2.43. The maximum atomic E-state index is 13.2. The number of carbonyl (C=O) groups is 2. The van der Waals surface area contributed by atoms with Crippen LogP contribution in [0.1, 0.15) is 38.5 Å². The highest BCUT2D eigenvalue weighted by atomic mass is 32.2. The molecule has 1 aromatic rings. The Balaban J connectivity index is 1.29. The first-order valence-electron chi connectivity index (χ1n) is 9.70. The van der Waals surface area contributed by atoms with Gasteiger partial charge in [-0.15, -0.1) is 0 Å². The van der Waals surface area contributed by atoms with Crippen molar-refractivity contribution in [3.63, 3.8) is 0 Å². The lowest BCUT2D eigenvalue weighted by Gasteiger charge is -2.55. The van der Waals surface area contributed by atoms with E-state index in [-0.39, 0.29) is 22.7 Å². The summed E-state index contributed by atoms with van der Waals surface area (Å²) >= 11 is 0. The normalized spacial score (nSPS) is 31.0. The number of ketones is 1. The molecule has 0 unspecified atom stereocenters. The lowest BCUT2D eigenvalue weighted by molar-refractivity contribution is -0.157. The highest BCUT2D eigenvalue weighted by Gasteiger charge is 2.54. The number of carbonyl (C=O) groups excluding carboxylic acids is 2. The molecule has 0 aromatic heterocycles. The summed E-state index contributed by atoms with van der Waals surface area (Å²) in [6.07, 6.45) is 6.32. The third-order valence-electron chi connectivity index (χ3n) is 6.51. The highest BCUT2D eigenvalue weighted by molar-refractivity contribution is 7.89. The van der Waals surface area contributed by atoms with Crippen LogP contribution in [0, 0.1) is 29.0 Å². The molecule has 1 aromatic carbocycles. The van der Waals surface area contributed by atoms with Gasteiger partial charge in [-0.25, -0.2) is 12.8 Å². The molecule has 152 valence electrons. The van der Waals surface area contributed by atoms with Gasteiger partial charge in [-0.3, -0.25) is 9.59 Å². The van der Waals surface area contributed by atoms with E-state index < -0.39 is 28.4 Å². The molecule has 0 aliphatic heterocycles. The molecule has 0 atom stereocenters. The Kier molecular flexibility index (Phi) is 5.03. The van der Waals surface area contributed by atoms with Crippen LogP contribution in [-0.4, -0.2) is 33.3 Å². The van der Waals surface area contributed by atoms with Gasteiger partial charge in [0, 0.05) is 5.41 Å². The summed E-state index contributed by atoms with van der Waals surface area (Å²) in [6, 6.07) is 4.49. The molecule has 0 spiro atoms. The topological polar surface area (TPSA) is 89.5 Å². The van der Waals surface area contributed by atoms with Crippen LogP contribution >= 0.6 is 0 Å². The van der Waals surface area contributed by atoms with Gasteiger partial charge >= 0.3 is 5.97 Å².